The summed E-state index contributed by atoms with van der Waals surface area (Å²) in [4.78, 5) is 52.5. The van der Waals surface area contributed by atoms with Gasteiger partial charge in [0.2, 0.25) is 0 Å². The van der Waals surface area contributed by atoms with Gasteiger partial charge in [0, 0.05) is 24.7 Å². The summed E-state index contributed by atoms with van der Waals surface area (Å²) in [6.07, 6.45) is 6.77. The highest BCUT2D eigenvalue weighted by molar-refractivity contribution is 6.05. The van der Waals surface area contributed by atoms with E-state index in [0.29, 0.717) is 25.7 Å². The minimum atomic E-state index is -1.46. The first-order valence-corrected chi connectivity index (χ1v) is 17.9. The molecule has 10 aliphatic rings. The Morgan fingerprint density at radius 2 is 0.980 bits per heavy atom. The van der Waals surface area contributed by atoms with E-state index in [-0.39, 0.29) is 76.2 Å². The lowest BCUT2D eigenvalue weighted by molar-refractivity contribution is -0.221. The van der Waals surface area contributed by atoms with Gasteiger partial charge in [-0.15, -0.1) is 0 Å². The number of carbonyl (C=O) groups is 4. The molecule has 2 spiro atoms. The zero-order valence-corrected chi connectivity index (χ0v) is 29.6. The van der Waals surface area contributed by atoms with E-state index in [1.807, 2.05) is 13.8 Å². The highest BCUT2D eigenvalue weighted by Crippen LogP contribution is 2.76. The van der Waals surface area contributed by atoms with E-state index in [2.05, 4.69) is 0 Å². The van der Waals surface area contributed by atoms with Gasteiger partial charge >= 0.3 is 11.9 Å². The van der Waals surface area contributed by atoms with Gasteiger partial charge in [-0.1, -0.05) is 39.8 Å². The van der Waals surface area contributed by atoms with E-state index in [4.69, 9.17) is 18.9 Å². The number of allylic oxidation sites excluding steroid dienone is 2. The summed E-state index contributed by atoms with van der Waals surface area (Å²) in [5.41, 5.74) is -9.93. The fourth-order valence-electron chi connectivity index (χ4n) is 12.2. The van der Waals surface area contributed by atoms with Gasteiger partial charge in [0.25, 0.3) is 0 Å². The van der Waals surface area contributed by atoms with Crippen molar-refractivity contribution in [3.8, 4) is 0 Å². The van der Waals surface area contributed by atoms with Crippen molar-refractivity contribution in [3.05, 3.63) is 47.0 Å². The lowest BCUT2D eigenvalue weighted by Gasteiger charge is -2.49. The Kier molecular flexibility index (Phi) is 6.53. The zero-order chi connectivity index (χ0) is 36.0. The number of esters is 2. The standard InChI is InChI=1S/2C19H22O6.H2O/c2*1-9-4-5-11(20)12-14(22)24-17-6-7-18(13(9)21)15(23)16(3,10(2)8-17)25-19(12,17)18;/h2*6-7,9-10,15,20,23H,4-5,8H2,1-3H3;1H2/b2*12-11+;/t2*9-,10-,15+,16-,17+,18-,19+;/m00./s1. The molecule has 0 radical (unpaired) electrons. The predicted octanol–water partition coefficient (Wildman–Crippen LogP) is 2.33. The molecule has 0 saturated carbocycles. The zero-order valence-electron chi connectivity index (χ0n) is 29.6. The van der Waals surface area contributed by atoms with Gasteiger partial charge in [-0.05, 0) is 63.5 Å². The summed E-state index contributed by atoms with van der Waals surface area (Å²) in [6, 6.07) is 0. The number of rotatable bonds is 0. The van der Waals surface area contributed by atoms with Crippen LogP contribution in [0.2, 0.25) is 0 Å². The smallest absolute Gasteiger partial charge is 0.341 e. The first kappa shape index (κ1) is 34.7. The van der Waals surface area contributed by atoms with Crippen LogP contribution in [-0.4, -0.2) is 95.2 Å². The quantitative estimate of drug-likeness (QED) is 0.210. The number of carbonyl (C=O) groups excluding carboxylic acids is 4. The normalized spacial score (nSPS) is 57.6. The Labute approximate surface area is 294 Å². The molecule has 0 aromatic heterocycles. The molecule has 6 fully saturated rings. The Morgan fingerprint density at radius 1 is 0.627 bits per heavy atom. The van der Waals surface area contributed by atoms with Crippen LogP contribution >= 0.6 is 0 Å². The summed E-state index contributed by atoms with van der Waals surface area (Å²) in [5, 5.41) is 44.1. The maximum absolute atomic E-state index is 13.5. The number of ether oxygens (including phenoxy) is 4. The van der Waals surface area contributed by atoms with Crippen molar-refractivity contribution < 1.29 is 64.0 Å². The summed E-state index contributed by atoms with van der Waals surface area (Å²) in [7, 11) is 0. The molecule has 6 saturated heterocycles. The Morgan fingerprint density at radius 3 is 1.33 bits per heavy atom. The molecular formula is C38H46O13. The van der Waals surface area contributed by atoms with Crippen molar-refractivity contribution in [1.29, 1.82) is 0 Å². The Hall–Kier alpha value is -3.36. The lowest BCUT2D eigenvalue weighted by Crippen LogP contribution is -2.63. The fourth-order valence-corrected chi connectivity index (χ4v) is 12.2. The second-order valence-corrected chi connectivity index (χ2v) is 17.2. The number of hydrogen-bond donors (Lipinski definition) is 4. The molecule has 0 amide bonds. The number of aliphatic hydroxyl groups is 4. The molecule has 0 aromatic rings. The summed E-state index contributed by atoms with van der Waals surface area (Å²) < 4.78 is 24.4. The molecule has 6 aliphatic heterocycles. The van der Waals surface area contributed by atoms with Crippen LogP contribution in [0.3, 0.4) is 0 Å². The third-order valence-corrected chi connectivity index (χ3v) is 15.0. The van der Waals surface area contributed by atoms with Crippen molar-refractivity contribution in [1.82, 2.24) is 0 Å². The van der Waals surface area contributed by atoms with Crippen molar-refractivity contribution in [2.45, 2.75) is 126 Å². The molecule has 13 heteroatoms. The lowest BCUT2D eigenvalue weighted by atomic mass is 9.59. The molecule has 13 nitrogen and oxygen atoms in total. The van der Waals surface area contributed by atoms with E-state index in [1.165, 1.54) is 0 Å². The summed E-state index contributed by atoms with van der Waals surface area (Å²) in [5.74, 6) is -2.70. The van der Waals surface area contributed by atoms with Gasteiger partial charge in [-0.3, -0.25) is 9.59 Å². The van der Waals surface area contributed by atoms with Crippen LogP contribution in [0.25, 0.3) is 0 Å². The van der Waals surface area contributed by atoms with Gasteiger partial charge < -0.3 is 44.8 Å². The van der Waals surface area contributed by atoms with Gasteiger partial charge in [0.1, 0.15) is 45.7 Å². The first-order valence-electron chi connectivity index (χ1n) is 17.9. The van der Waals surface area contributed by atoms with Gasteiger partial charge in [-0.25, -0.2) is 9.59 Å². The van der Waals surface area contributed by atoms with Gasteiger partial charge in [0.15, 0.2) is 34.0 Å². The third-order valence-electron chi connectivity index (χ3n) is 15.0. The molecule has 276 valence electrons. The molecular weight excluding hydrogens is 664 g/mol. The molecule has 14 atom stereocenters. The van der Waals surface area contributed by atoms with E-state index in [0.717, 1.165) is 0 Å². The molecule has 0 unspecified atom stereocenters. The molecule has 4 bridgehead atoms. The number of Topliss-reactive ketones (excluding diaryl/α,β-unsaturated/α-hetero) is 2. The fraction of sp³-hybridized carbons (Fsp3) is 0.684. The Bertz CT molecular complexity index is 1730. The van der Waals surface area contributed by atoms with E-state index >= 15 is 0 Å². The number of hydrogen-bond acceptors (Lipinski definition) is 12. The van der Waals surface area contributed by atoms with Crippen LogP contribution in [0.5, 0.6) is 0 Å². The second kappa shape index (κ2) is 9.59. The highest BCUT2D eigenvalue weighted by atomic mass is 16.6. The molecule has 6 N–H and O–H groups in total. The SMILES string of the molecule is C[C@H]1CC/C(O)=C2/C(=O)O[C@@]34C=C[C@]5(C1=O)[C@H](O)[C@@](C)(O[C@]235)[C@@H](C)C4.C[C@H]1CC/C(O)=C2/C(=O)O[C@@]34C=C[C@]5(C1=O)[C@H](O)[C@@](C)(O[C@]235)[C@@H](C)C4.O. The molecule has 6 heterocycles. The topological polar surface area (TPSA) is 218 Å². The number of fused-ring (bicyclic) bond motifs is 2. The second-order valence-electron chi connectivity index (χ2n) is 17.2. The van der Waals surface area contributed by atoms with E-state index in [9.17, 15) is 39.6 Å². The van der Waals surface area contributed by atoms with Crippen LogP contribution in [0.4, 0.5) is 0 Å². The van der Waals surface area contributed by atoms with Crippen molar-refractivity contribution in [2.24, 2.45) is 34.5 Å². The highest BCUT2D eigenvalue weighted by Gasteiger charge is 2.91. The van der Waals surface area contributed by atoms with Crippen LogP contribution in [-0.2, 0) is 38.1 Å². The maximum atomic E-state index is 13.5. The third kappa shape index (κ3) is 3.12. The van der Waals surface area contributed by atoms with Crippen molar-refractivity contribution in [3.63, 3.8) is 0 Å². The minimum absolute atomic E-state index is 0. The number of ketones is 2. The largest absolute Gasteiger partial charge is 0.512 e. The predicted molar refractivity (Wildman–Crippen MR) is 175 cm³/mol. The average Bonchev–Trinajstić information content (AvgIpc) is 3.74. The monoisotopic (exact) mass is 710 g/mol. The Balaban J connectivity index is 0.000000144. The molecule has 0 aromatic carbocycles. The van der Waals surface area contributed by atoms with Crippen LogP contribution in [0.15, 0.2) is 47.0 Å². The van der Waals surface area contributed by atoms with Gasteiger partial charge in [-0.2, -0.15) is 0 Å². The average molecular weight is 711 g/mol. The van der Waals surface area contributed by atoms with Crippen molar-refractivity contribution >= 4 is 23.5 Å². The molecule has 51 heavy (non-hydrogen) atoms. The van der Waals surface area contributed by atoms with E-state index in [1.54, 1.807) is 52.0 Å². The summed E-state index contributed by atoms with van der Waals surface area (Å²) in [6.45, 7) is 11.1. The maximum Gasteiger partial charge on any atom is 0.341 e. The van der Waals surface area contributed by atoms with Crippen molar-refractivity contribution in [2.75, 3.05) is 0 Å². The van der Waals surface area contributed by atoms with Crippen LogP contribution in [0, 0.1) is 34.5 Å². The number of aliphatic hydroxyl groups excluding tert-OH is 4. The minimum Gasteiger partial charge on any atom is -0.512 e. The molecule has 10 rings (SSSR count). The summed E-state index contributed by atoms with van der Waals surface area (Å²) >= 11 is 0. The van der Waals surface area contributed by atoms with Crippen LogP contribution < -0.4 is 0 Å². The molecule has 4 aliphatic carbocycles. The van der Waals surface area contributed by atoms with E-state index < -0.39 is 68.6 Å². The van der Waals surface area contributed by atoms with Crippen LogP contribution in [0.1, 0.15) is 80.1 Å². The first-order chi connectivity index (χ1) is 23.3. The van der Waals surface area contributed by atoms with Gasteiger partial charge in [0.05, 0.1) is 11.2 Å².